The fraction of sp³-hybridized carbons (Fsp3) is 0.269. The van der Waals surface area contributed by atoms with E-state index in [-0.39, 0.29) is 16.7 Å². The molecule has 0 aliphatic carbocycles. The number of aryl methyl sites for hydroxylation is 1. The van der Waals surface area contributed by atoms with Crippen molar-refractivity contribution in [3.63, 3.8) is 0 Å². The van der Waals surface area contributed by atoms with Crippen LogP contribution in [0.5, 0.6) is 17.2 Å². The lowest BCUT2D eigenvalue weighted by atomic mass is 10.1. The van der Waals surface area contributed by atoms with Gasteiger partial charge in [0.25, 0.3) is 10.0 Å². The van der Waals surface area contributed by atoms with Gasteiger partial charge in [-0.1, -0.05) is 18.2 Å². The van der Waals surface area contributed by atoms with Gasteiger partial charge in [-0.05, 0) is 73.5 Å². The van der Waals surface area contributed by atoms with Crippen molar-refractivity contribution in [3.05, 3.63) is 77.9 Å². The number of methoxy groups -OCH3 is 3. The van der Waals surface area contributed by atoms with Gasteiger partial charge in [-0.3, -0.25) is 9.10 Å². The molecule has 1 amide bonds. The van der Waals surface area contributed by atoms with Crippen molar-refractivity contribution in [2.75, 3.05) is 32.2 Å². The van der Waals surface area contributed by atoms with Crippen LogP contribution < -0.4 is 23.8 Å². The molecular formula is C26H30N2O6S. The number of carbonyl (C=O) groups excluding carboxylic acids is 1. The van der Waals surface area contributed by atoms with Crippen LogP contribution in [-0.2, 0) is 14.8 Å². The number of rotatable bonds is 10. The zero-order chi connectivity index (χ0) is 25.6. The first kappa shape index (κ1) is 25.9. The zero-order valence-corrected chi connectivity index (χ0v) is 21.3. The minimum atomic E-state index is -4.15. The van der Waals surface area contributed by atoms with Crippen LogP contribution in [-0.4, -0.2) is 42.2 Å². The predicted octanol–water partition coefficient (Wildman–Crippen LogP) is 4.09. The molecule has 1 N–H and O–H groups in total. The first-order valence-electron chi connectivity index (χ1n) is 10.9. The quantitative estimate of drug-likeness (QED) is 0.452. The Labute approximate surface area is 206 Å². The van der Waals surface area contributed by atoms with Crippen LogP contribution in [0, 0.1) is 6.92 Å². The standard InChI is InChI=1S/C26H30N2O6S/c1-18-6-15-24(34-5)25(16-18)35(30,31)28(21-9-13-23(33-4)14-10-21)17-26(29)27-19(2)20-7-11-22(32-3)12-8-20/h6-16,19H,17H2,1-5H3,(H,27,29). The van der Waals surface area contributed by atoms with Gasteiger partial charge in [-0.2, -0.15) is 0 Å². The van der Waals surface area contributed by atoms with Crippen molar-refractivity contribution in [3.8, 4) is 17.2 Å². The Hall–Kier alpha value is -3.72. The highest BCUT2D eigenvalue weighted by Gasteiger charge is 2.30. The van der Waals surface area contributed by atoms with E-state index in [4.69, 9.17) is 14.2 Å². The van der Waals surface area contributed by atoms with E-state index in [9.17, 15) is 13.2 Å². The van der Waals surface area contributed by atoms with E-state index >= 15 is 0 Å². The molecule has 0 aliphatic heterocycles. The molecule has 0 saturated carbocycles. The second-order valence-electron chi connectivity index (χ2n) is 7.93. The molecule has 0 bridgehead atoms. The number of carbonyl (C=O) groups is 1. The minimum Gasteiger partial charge on any atom is -0.497 e. The largest absolute Gasteiger partial charge is 0.497 e. The Kier molecular flexibility index (Phi) is 8.24. The lowest BCUT2D eigenvalue weighted by Gasteiger charge is -2.26. The molecule has 3 aromatic carbocycles. The monoisotopic (exact) mass is 498 g/mol. The van der Waals surface area contributed by atoms with Gasteiger partial charge in [0.05, 0.1) is 33.1 Å². The average Bonchev–Trinajstić information content (AvgIpc) is 2.87. The minimum absolute atomic E-state index is 0.0215. The summed E-state index contributed by atoms with van der Waals surface area (Å²) in [5, 5.41) is 2.88. The molecule has 8 nitrogen and oxygen atoms in total. The summed E-state index contributed by atoms with van der Waals surface area (Å²) < 4.78 is 44.4. The van der Waals surface area contributed by atoms with Gasteiger partial charge in [0, 0.05) is 0 Å². The third-order valence-electron chi connectivity index (χ3n) is 5.53. The molecule has 0 aromatic heterocycles. The van der Waals surface area contributed by atoms with E-state index in [1.165, 1.54) is 20.3 Å². The number of benzene rings is 3. The molecule has 0 radical (unpaired) electrons. The Balaban J connectivity index is 1.94. The maximum atomic E-state index is 13.8. The summed E-state index contributed by atoms with van der Waals surface area (Å²) in [6.07, 6.45) is 0. The Bertz CT molecular complexity index is 1260. The second kappa shape index (κ2) is 11.1. The molecular weight excluding hydrogens is 468 g/mol. The Morgan fingerprint density at radius 3 is 2.00 bits per heavy atom. The highest BCUT2D eigenvalue weighted by atomic mass is 32.2. The van der Waals surface area contributed by atoms with Gasteiger partial charge >= 0.3 is 0 Å². The highest BCUT2D eigenvalue weighted by molar-refractivity contribution is 7.93. The first-order valence-corrected chi connectivity index (χ1v) is 12.4. The first-order chi connectivity index (χ1) is 16.7. The number of sulfonamides is 1. The summed E-state index contributed by atoms with van der Waals surface area (Å²) in [7, 11) is 0.358. The summed E-state index contributed by atoms with van der Waals surface area (Å²) >= 11 is 0. The predicted molar refractivity (Wildman–Crippen MR) is 135 cm³/mol. The van der Waals surface area contributed by atoms with Crippen LogP contribution in [0.4, 0.5) is 5.69 Å². The number of hydrogen-bond donors (Lipinski definition) is 1. The zero-order valence-electron chi connectivity index (χ0n) is 20.4. The van der Waals surface area contributed by atoms with E-state index in [1.54, 1.807) is 62.6 Å². The number of nitrogens with one attached hydrogen (secondary N) is 1. The summed E-state index contributed by atoms with van der Waals surface area (Å²) in [4.78, 5) is 13.0. The van der Waals surface area contributed by atoms with Crippen molar-refractivity contribution in [1.82, 2.24) is 5.32 Å². The number of hydrogen-bond acceptors (Lipinski definition) is 6. The normalized spacial score (nSPS) is 11.9. The summed E-state index contributed by atoms with van der Waals surface area (Å²) in [6, 6.07) is 18.3. The van der Waals surface area contributed by atoms with E-state index in [0.29, 0.717) is 17.2 Å². The fourth-order valence-electron chi connectivity index (χ4n) is 3.56. The van der Waals surface area contributed by atoms with Crippen LogP contribution in [0.15, 0.2) is 71.6 Å². The maximum absolute atomic E-state index is 13.8. The third kappa shape index (κ3) is 6.05. The van der Waals surface area contributed by atoms with Crippen LogP contribution >= 0.6 is 0 Å². The van der Waals surface area contributed by atoms with Crippen molar-refractivity contribution in [2.45, 2.75) is 24.8 Å². The van der Waals surface area contributed by atoms with Crippen LogP contribution in [0.2, 0.25) is 0 Å². The molecule has 1 unspecified atom stereocenters. The molecule has 35 heavy (non-hydrogen) atoms. The smallest absolute Gasteiger partial charge is 0.268 e. The molecule has 0 saturated heterocycles. The molecule has 0 fully saturated rings. The topological polar surface area (TPSA) is 94.2 Å². The second-order valence-corrected chi connectivity index (χ2v) is 9.76. The summed E-state index contributed by atoms with van der Waals surface area (Å²) in [6.45, 7) is 3.20. The van der Waals surface area contributed by atoms with E-state index < -0.39 is 22.5 Å². The van der Waals surface area contributed by atoms with Crippen LogP contribution in [0.25, 0.3) is 0 Å². The van der Waals surface area contributed by atoms with Gasteiger partial charge in [-0.25, -0.2) is 8.42 Å². The molecule has 0 aliphatic rings. The van der Waals surface area contributed by atoms with Gasteiger partial charge in [-0.15, -0.1) is 0 Å². The molecule has 0 heterocycles. The van der Waals surface area contributed by atoms with Crippen molar-refractivity contribution in [1.29, 1.82) is 0 Å². The number of ether oxygens (including phenoxy) is 3. The average molecular weight is 499 g/mol. The molecule has 1 atom stereocenters. The van der Waals surface area contributed by atoms with E-state index in [2.05, 4.69) is 5.32 Å². The molecule has 9 heteroatoms. The van der Waals surface area contributed by atoms with E-state index in [1.807, 2.05) is 19.1 Å². The molecule has 186 valence electrons. The lowest BCUT2D eigenvalue weighted by Crippen LogP contribution is -2.41. The third-order valence-corrected chi connectivity index (χ3v) is 7.32. The SMILES string of the molecule is COc1ccc(C(C)NC(=O)CN(c2ccc(OC)cc2)S(=O)(=O)c2cc(C)ccc2OC)cc1. The van der Waals surface area contributed by atoms with Gasteiger partial charge < -0.3 is 19.5 Å². The van der Waals surface area contributed by atoms with Crippen molar-refractivity contribution >= 4 is 21.6 Å². The van der Waals surface area contributed by atoms with Crippen molar-refractivity contribution < 1.29 is 27.4 Å². The van der Waals surface area contributed by atoms with Gasteiger partial charge in [0.2, 0.25) is 5.91 Å². The Morgan fingerprint density at radius 2 is 1.46 bits per heavy atom. The Morgan fingerprint density at radius 1 is 0.886 bits per heavy atom. The number of nitrogens with zero attached hydrogens (tertiary/aromatic N) is 1. The summed E-state index contributed by atoms with van der Waals surface area (Å²) in [5.74, 6) is 1.01. The van der Waals surface area contributed by atoms with Gasteiger partial charge in [0.1, 0.15) is 28.7 Å². The highest BCUT2D eigenvalue weighted by Crippen LogP contribution is 2.31. The van der Waals surface area contributed by atoms with Crippen molar-refractivity contribution in [2.24, 2.45) is 0 Å². The van der Waals surface area contributed by atoms with Crippen LogP contribution in [0.3, 0.4) is 0 Å². The number of anilines is 1. The maximum Gasteiger partial charge on any atom is 0.268 e. The molecule has 0 spiro atoms. The summed E-state index contributed by atoms with van der Waals surface area (Å²) in [5.41, 5.74) is 1.93. The lowest BCUT2D eigenvalue weighted by molar-refractivity contribution is -0.120. The van der Waals surface area contributed by atoms with E-state index in [0.717, 1.165) is 15.4 Å². The fourth-order valence-corrected chi connectivity index (χ4v) is 5.23. The molecule has 3 rings (SSSR count). The number of amides is 1. The van der Waals surface area contributed by atoms with Gasteiger partial charge in [0.15, 0.2) is 0 Å². The molecule has 3 aromatic rings. The van der Waals surface area contributed by atoms with Crippen LogP contribution in [0.1, 0.15) is 24.1 Å².